The lowest BCUT2D eigenvalue weighted by Crippen LogP contribution is -2.46. The number of nitrogens with one attached hydrogen (secondary N) is 1. The molecule has 4 nitrogen and oxygen atoms in total. The Hall–Kier alpha value is -1.04. The second-order valence-corrected chi connectivity index (χ2v) is 4.89. The molecular weight excluding hydrogens is 260 g/mol. The van der Waals surface area contributed by atoms with Crippen molar-refractivity contribution in [2.45, 2.75) is 0 Å². The van der Waals surface area contributed by atoms with Crippen LogP contribution in [0.3, 0.4) is 0 Å². The molecule has 0 radical (unpaired) electrons. The summed E-state index contributed by atoms with van der Waals surface area (Å²) in [5.41, 5.74) is 0.809. The number of carbonyl (C=O) groups excluding carboxylic acids is 1. The summed E-state index contributed by atoms with van der Waals surface area (Å²) in [5.74, 6) is 0.123. The molecule has 2 aromatic heterocycles. The molecule has 0 aromatic carbocycles. The minimum Gasteiger partial charge on any atom is -0.463 e. The van der Waals surface area contributed by atoms with Crippen molar-refractivity contribution in [3.8, 4) is 0 Å². The van der Waals surface area contributed by atoms with Crippen molar-refractivity contribution in [2.24, 2.45) is 0 Å². The van der Waals surface area contributed by atoms with Crippen LogP contribution in [0.15, 0.2) is 22.8 Å². The fraction of sp³-hybridized carbons (Fsp3) is 0.364. The number of amides is 1. The smallest absolute Gasteiger partial charge is 0.264 e. The number of piperazine rings is 1. The molecule has 2 aromatic rings. The minimum absolute atomic E-state index is 0. The zero-order valence-electron chi connectivity index (χ0n) is 9.14. The number of hydrogen-bond donors (Lipinski definition) is 1. The number of carbonyl (C=O) groups is 1. The molecule has 3 rings (SSSR count). The van der Waals surface area contributed by atoms with Crippen LogP contribution >= 0.6 is 23.7 Å². The first-order chi connectivity index (χ1) is 7.84. The summed E-state index contributed by atoms with van der Waals surface area (Å²) in [5, 5.41) is 3.23. The molecule has 1 amide bonds. The molecular formula is C11H13ClN2O2S. The van der Waals surface area contributed by atoms with E-state index in [-0.39, 0.29) is 18.3 Å². The third-order valence-electron chi connectivity index (χ3n) is 2.75. The molecule has 1 N–H and O–H groups in total. The monoisotopic (exact) mass is 272 g/mol. The van der Waals surface area contributed by atoms with Gasteiger partial charge in [-0.05, 0) is 6.07 Å². The van der Waals surface area contributed by atoms with Crippen LogP contribution in [0.5, 0.6) is 0 Å². The molecule has 1 aliphatic heterocycles. The number of nitrogens with zero attached hydrogens (tertiary/aromatic N) is 1. The number of halogens is 1. The fourth-order valence-corrected chi connectivity index (χ4v) is 2.85. The Bertz CT molecular complexity index is 488. The molecule has 0 saturated carbocycles. The average molecular weight is 273 g/mol. The Morgan fingerprint density at radius 1 is 1.41 bits per heavy atom. The van der Waals surface area contributed by atoms with Crippen molar-refractivity contribution < 1.29 is 9.21 Å². The van der Waals surface area contributed by atoms with E-state index in [0.717, 1.165) is 41.3 Å². The highest BCUT2D eigenvalue weighted by Gasteiger charge is 2.20. The second kappa shape index (κ2) is 5.08. The highest BCUT2D eigenvalue weighted by Crippen LogP contribution is 2.27. The summed E-state index contributed by atoms with van der Waals surface area (Å²) in [6.45, 7) is 3.34. The summed E-state index contributed by atoms with van der Waals surface area (Å²) in [4.78, 5) is 14.8. The lowest BCUT2D eigenvalue weighted by molar-refractivity contribution is 0.0740. The van der Waals surface area contributed by atoms with Crippen LogP contribution in [-0.4, -0.2) is 37.0 Å². The van der Waals surface area contributed by atoms with Gasteiger partial charge in [-0.3, -0.25) is 4.79 Å². The van der Waals surface area contributed by atoms with E-state index in [2.05, 4.69) is 5.32 Å². The SMILES string of the molecule is Cl.O=C(c1cc2occc2s1)N1CCNCC1. The summed E-state index contributed by atoms with van der Waals surface area (Å²) in [7, 11) is 0. The van der Waals surface area contributed by atoms with Gasteiger partial charge >= 0.3 is 0 Å². The number of furan rings is 1. The third-order valence-corrected chi connectivity index (χ3v) is 3.82. The molecule has 0 spiro atoms. The highest BCUT2D eigenvalue weighted by atomic mass is 35.5. The molecule has 0 unspecified atom stereocenters. The molecule has 0 aliphatic carbocycles. The molecule has 1 aliphatic rings. The molecule has 3 heterocycles. The number of rotatable bonds is 1. The topological polar surface area (TPSA) is 45.5 Å². The van der Waals surface area contributed by atoms with Gasteiger partial charge in [-0.1, -0.05) is 0 Å². The zero-order valence-corrected chi connectivity index (χ0v) is 10.8. The van der Waals surface area contributed by atoms with Crippen molar-refractivity contribution in [3.63, 3.8) is 0 Å². The van der Waals surface area contributed by atoms with Crippen LogP contribution < -0.4 is 5.32 Å². The van der Waals surface area contributed by atoms with Gasteiger partial charge in [-0.15, -0.1) is 23.7 Å². The maximum Gasteiger partial charge on any atom is 0.264 e. The average Bonchev–Trinajstić information content (AvgIpc) is 2.89. The first kappa shape index (κ1) is 12.4. The lowest BCUT2D eigenvalue weighted by atomic mass is 10.3. The number of hydrogen-bond acceptors (Lipinski definition) is 4. The molecule has 0 bridgehead atoms. The van der Waals surface area contributed by atoms with E-state index < -0.39 is 0 Å². The van der Waals surface area contributed by atoms with Gasteiger partial charge in [0.1, 0.15) is 5.58 Å². The van der Waals surface area contributed by atoms with Gasteiger partial charge in [0.2, 0.25) is 0 Å². The quantitative estimate of drug-likeness (QED) is 0.863. The Balaban J connectivity index is 0.00000108. The van der Waals surface area contributed by atoms with Crippen LogP contribution in [-0.2, 0) is 0 Å². The standard InChI is InChI=1S/C11H12N2O2S.ClH/c14-11(13-4-2-12-3-5-13)10-7-8-9(16-10)1-6-15-8;/h1,6-7,12H,2-5H2;1H. The lowest BCUT2D eigenvalue weighted by Gasteiger charge is -2.26. The third kappa shape index (κ3) is 2.31. The van der Waals surface area contributed by atoms with Gasteiger partial charge in [0.05, 0.1) is 15.8 Å². The Kier molecular flexibility index (Phi) is 3.71. The van der Waals surface area contributed by atoms with E-state index in [9.17, 15) is 4.79 Å². The van der Waals surface area contributed by atoms with Crippen molar-refractivity contribution in [2.75, 3.05) is 26.2 Å². The van der Waals surface area contributed by atoms with Gasteiger partial charge in [0.15, 0.2) is 0 Å². The fourth-order valence-electron chi connectivity index (χ4n) is 1.89. The first-order valence-electron chi connectivity index (χ1n) is 5.31. The van der Waals surface area contributed by atoms with Gasteiger partial charge in [-0.2, -0.15) is 0 Å². The predicted octanol–water partition coefficient (Wildman–Crippen LogP) is 1.96. The van der Waals surface area contributed by atoms with Crippen molar-refractivity contribution in [1.29, 1.82) is 0 Å². The molecule has 92 valence electrons. The van der Waals surface area contributed by atoms with E-state index in [1.807, 2.05) is 17.0 Å². The molecule has 6 heteroatoms. The van der Waals surface area contributed by atoms with Gasteiger partial charge < -0.3 is 14.6 Å². The normalized spacial score (nSPS) is 15.9. The van der Waals surface area contributed by atoms with Gasteiger partial charge in [0.25, 0.3) is 5.91 Å². The van der Waals surface area contributed by atoms with Crippen LogP contribution in [0.1, 0.15) is 9.67 Å². The predicted molar refractivity (Wildman–Crippen MR) is 70.1 cm³/mol. The van der Waals surface area contributed by atoms with Crippen molar-refractivity contribution >= 4 is 39.9 Å². The van der Waals surface area contributed by atoms with Crippen molar-refractivity contribution in [1.82, 2.24) is 10.2 Å². The van der Waals surface area contributed by atoms with Gasteiger partial charge in [0, 0.05) is 32.2 Å². The molecule has 1 fully saturated rings. The Morgan fingerprint density at radius 3 is 2.88 bits per heavy atom. The Morgan fingerprint density at radius 2 is 2.18 bits per heavy atom. The highest BCUT2D eigenvalue weighted by molar-refractivity contribution is 7.20. The summed E-state index contributed by atoms with van der Waals surface area (Å²) in [6.07, 6.45) is 1.65. The largest absolute Gasteiger partial charge is 0.463 e. The van der Waals surface area contributed by atoms with Crippen LogP contribution in [0.4, 0.5) is 0 Å². The zero-order chi connectivity index (χ0) is 11.0. The van der Waals surface area contributed by atoms with E-state index in [4.69, 9.17) is 4.42 Å². The maximum atomic E-state index is 12.1. The minimum atomic E-state index is 0. The molecule has 17 heavy (non-hydrogen) atoms. The van der Waals surface area contributed by atoms with Crippen LogP contribution in [0, 0.1) is 0 Å². The second-order valence-electron chi connectivity index (χ2n) is 3.80. The number of fused-ring (bicyclic) bond motifs is 1. The summed E-state index contributed by atoms with van der Waals surface area (Å²) < 4.78 is 6.30. The van der Waals surface area contributed by atoms with Crippen LogP contribution in [0.25, 0.3) is 10.3 Å². The molecule has 0 atom stereocenters. The Labute approximate surface area is 109 Å². The number of thiophene rings is 1. The van der Waals surface area contributed by atoms with E-state index in [0.29, 0.717) is 0 Å². The van der Waals surface area contributed by atoms with Crippen molar-refractivity contribution in [3.05, 3.63) is 23.3 Å². The van der Waals surface area contributed by atoms with Crippen LogP contribution in [0.2, 0.25) is 0 Å². The molecule has 1 saturated heterocycles. The summed E-state index contributed by atoms with van der Waals surface area (Å²) >= 11 is 1.50. The maximum absolute atomic E-state index is 12.1. The van der Waals surface area contributed by atoms with E-state index in [1.165, 1.54) is 11.3 Å². The van der Waals surface area contributed by atoms with Gasteiger partial charge in [-0.25, -0.2) is 0 Å². The first-order valence-corrected chi connectivity index (χ1v) is 6.13. The summed E-state index contributed by atoms with van der Waals surface area (Å²) in [6, 6.07) is 3.74. The van der Waals surface area contributed by atoms with E-state index in [1.54, 1.807) is 6.26 Å². The van der Waals surface area contributed by atoms with E-state index >= 15 is 0 Å².